The molecule has 1 aromatic carbocycles. The number of aryl methyl sites for hydroxylation is 1. The summed E-state index contributed by atoms with van der Waals surface area (Å²) in [6.45, 7) is 0. The van der Waals surface area contributed by atoms with Crippen molar-refractivity contribution in [1.82, 2.24) is 0 Å². The highest BCUT2D eigenvalue weighted by Gasteiger charge is 2.29. The minimum atomic E-state index is -3.97. The summed E-state index contributed by atoms with van der Waals surface area (Å²) < 4.78 is 32.7. The monoisotopic (exact) mass is 311 g/mol. The molecule has 5 nitrogen and oxygen atoms in total. The van der Waals surface area contributed by atoms with Gasteiger partial charge in [0.05, 0.1) is 0 Å². The van der Waals surface area contributed by atoms with Crippen molar-refractivity contribution in [2.24, 2.45) is 11.1 Å². The van der Waals surface area contributed by atoms with E-state index in [4.69, 9.17) is 14.1 Å². The zero-order valence-corrected chi connectivity index (χ0v) is 12.8. The Labute approximate surface area is 125 Å². The zero-order valence-electron chi connectivity index (χ0n) is 12.0. The van der Waals surface area contributed by atoms with Crippen molar-refractivity contribution in [3.63, 3.8) is 0 Å². The van der Waals surface area contributed by atoms with Crippen LogP contribution >= 0.6 is 0 Å². The molecule has 0 amide bonds. The van der Waals surface area contributed by atoms with Gasteiger partial charge in [-0.1, -0.05) is 19.3 Å². The third kappa shape index (κ3) is 3.68. The fraction of sp³-hybridized carbons (Fsp3) is 0.600. The van der Waals surface area contributed by atoms with Crippen LogP contribution in [-0.2, 0) is 16.7 Å². The van der Waals surface area contributed by atoms with E-state index >= 15 is 0 Å². The molecule has 1 saturated carbocycles. The molecule has 1 heterocycles. The van der Waals surface area contributed by atoms with Crippen LogP contribution in [0, 0.1) is 5.92 Å². The lowest BCUT2D eigenvalue weighted by Gasteiger charge is -2.34. The van der Waals surface area contributed by atoms with Crippen LogP contribution in [0.1, 0.15) is 44.1 Å². The highest BCUT2D eigenvalue weighted by molar-refractivity contribution is 7.84. The molecule has 0 radical (unpaired) electrons. The van der Waals surface area contributed by atoms with E-state index in [1.165, 1.54) is 32.1 Å². The summed E-state index contributed by atoms with van der Waals surface area (Å²) in [5, 5.41) is 4.88. The van der Waals surface area contributed by atoms with Crippen LogP contribution in [0.4, 0.5) is 0 Å². The Morgan fingerprint density at radius 2 is 1.90 bits per heavy atom. The lowest BCUT2D eigenvalue weighted by molar-refractivity contribution is 0.0879. The van der Waals surface area contributed by atoms with Gasteiger partial charge in [0.25, 0.3) is 0 Å². The van der Waals surface area contributed by atoms with Crippen molar-refractivity contribution < 1.29 is 17.3 Å². The molecule has 1 fully saturated rings. The number of rotatable bonds is 3. The molecule has 1 aromatic rings. The van der Waals surface area contributed by atoms with Crippen molar-refractivity contribution in [2.75, 3.05) is 0 Å². The highest BCUT2D eigenvalue weighted by atomic mass is 32.2. The third-order valence-electron chi connectivity index (χ3n) is 4.40. The van der Waals surface area contributed by atoms with Crippen LogP contribution in [0.2, 0.25) is 0 Å². The van der Waals surface area contributed by atoms with Gasteiger partial charge in [-0.15, -0.1) is 0 Å². The number of ether oxygens (including phenoxy) is 1. The molecule has 0 unspecified atom stereocenters. The molecule has 0 saturated heterocycles. The molecule has 1 aliphatic carbocycles. The van der Waals surface area contributed by atoms with Gasteiger partial charge in [0.2, 0.25) is 0 Å². The Balaban J connectivity index is 1.72. The van der Waals surface area contributed by atoms with Gasteiger partial charge < -0.3 is 8.92 Å². The van der Waals surface area contributed by atoms with Crippen molar-refractivity contribution in [2.45, 2.75) is 51.0 Å². The summed E-state index contributed by atoms with van der Waals surface area (Å²) in [5.74, 6) is 1.75. The summed E-state index contributed by atoms with van der Waals surface area (Å²) in [6, 6.07) is 5.08. The fourth-order valence-corrected chi connectivity index (χ4v) is 3.78. The Morgan fingerprint density at radius 3 is 2.62 bits per heavy atom. The standard InChI is InChI=1S/C15H21NO4S/c16-21(17,18)20-13-7-9-15-12(10-13)6-8-14(19-15)11-4-2-1-3-5-11/h7,9-11,14H,1-6,8H2,(H2,16,17,18)/t14-/m1/s1. The van der Waals surface area contributed by atoms with Crippen LogP contribution in [0.15, 0.2) is 18.2 Å². The predicted molar refractivity (Wildman–Crippen MR) is 79.5 cm³/mol. The minimum absolute atomic E-state index is 0.246. The van der Waals surface area contributed by atoms with Crippen LogP contribution in [-0.4, -0.2) is 14.5 Å². The number of nitrogens with two attached hydrogens (primary N) is 1. The van der Waals surface area contributed by atoms with Crippen molar-refractivity contribution >= 4 is 10.3 Å². The predicted octanol–water partition coefficient (Wildman–Crippen LogP) is 2.54. The summed E-state index contributed by atoms with van der Waals surface area (Å²) in [7, 11) is -3.97. The Hall–Kier alpha value is -1.27. The highest BCUT2D eigenvalue weighted by Crippen LogP contribution is 2.37. The first-order valence-corrected chi connectivity index (χ1v) is 9.00. The second kappa shape index (κ2) is 5.85. The molecule has 6 heteroatoms. The van der Waals surface area contributed by atoms with Crippen LogP contribution in [0.25, 0.3) is 0 Å². The molecule has 21 heavy (non-hydrogen) atoms. The quantitative estimate of drug-likeness (QED) is 0.930. The molecular formula is C15H21NO4S. The molecule has 0 aromatic heterocycles. The van der Waals surface area contributed by atoms with E-state index in [-0.39, 0.29) is 5.75 Å². The minimum Gasteiger partial charge on any atom is -0.490 e. The summed E-state index contributed by atoms with van der Waals surface area (Å²) in [4.78, 5) is 0. The maximum Gasteiger partial charge on any atom is 0.380 e. The molecule has 1 aliphatic heterocycles. The van der Waals surface area contributed by atoms with Gasteiger partial charge in [0.1, 0.15) is 17.6 Å². The number of fused-ring (bicyclic) bond motifs is 1. The summed E-state index contributed by atoms with van der Waals surface area (Å²) in [6.07, 6.45) is 8.63. The average molecular weight is 311 g/mol. The second-order valence-electron chi connectivity index (χ2n) is 5.94. The second-order valence-corrected chi connectivity index (χ2v) is 7.09. The molecule has 116 valence electrons. The van der Waals surface area contributed by atoms with E-state index < -0.39 is 10.3 Å². The fourth-order valence-electron chi connectivity index (χ4n) is 3.41. The number of benzene rings is 1. The van der Waals surface area contributed by atoms with Gasteiger partial charge >= 0.3 is 10.3 Å². The Bertz CT molecular complexity index is 608. The van der Waals surface area contributed by atoms with E-state index in [0.717, 1.165) is 24.2 Å². The molecular weight excluding hydrogens is 290 g/mol. The smallest absolute Gasteiger partial charge is 0.380 e. The number of hydrogen-bond donors (Lipinski definition) is 1. The molecule has 0 spiro atoms. The van der Waals surface area contributed by atoms with Crippen molar-refractivity contribution in [3.8, 4) is 11.5 Å². The average Bonchev–Trinajstić information content (AvgIpc) is 2.46. The zero-order chi connectivity index (χ0) is 14.9. The Morgan fingerprint density at radius 1 is 1.14 bits per heavy atom. The normalized spacial score (nSPS) is 23.2. The first kappa shape index (κ1) is 14.7. The van der Waals surface area contributed by atoms with Gasteiger partial charge in [0, 0.05) is 0 Å². The molecule has 3 rings (SSSR count). The molecule has 2 aliphatic rings. The topological polar surface area (TPSA) is 78.6 Å². The van der Waals surface area contributed by atoms with E-state index in [2.05, 4.69) is 0 Å². The van der Waals surface area contributed by atoms with Gasteiger partial charge in [-0.2, -0.15) is 13.6 Å². The SMILES string of the molecule is NS(=O)(=O)Oc1ccc2c(c1)CC[C@H](C1CCCCC1)O2. The lowest BCUT2D eigenvalue weighted by atomic mass is 9.82. The first-order chi connectivity index (χ1) is 10.0. The molecule has 2 N–H and O–H groups in total. The van der Waals surface area contributed by atoms with E-state index in [0.29, 0.717) is 12.0 Å². The van der Waals surface area contributed by atoms with Crippen molar-refractivity contribution in [1.29, 1.82) is 0 Å². The van der Waals surface area contributed by atoms with E-state index in [1.54, 1.807) is 18.2 Å². The molecule has 0 bridgehead atoms. The molecule has 1 atom stereocenters. The maximum absolute atomic E-state index is 11.0. The third-order valence-corrected chi connectivity index (χ3v) is 4.82. The lowest BCUT2D eigenvalue weighted by Crippen LogP contribution is -2.32. The van der Waals surface area contributed by atoms with Gasteiger partial charge in [-0.25, -0.2) is 0 Å². The largest absolute Gasteiger partial charge is 0.490 e. The van der Waals surface area contributed by atoms with Crippen LogP contribution < -0.4 is 14.1 Å². The Kier molecular flexibility index (Phi) is 4.08. The number of hydrogen-bond acceptors (Lipinski definition) is 4. The van der Waals surface area contributed by atoms with E-state index in [9.17, 15) is 8.42 Å². The summed E-state index contributed by atoms with van der Waals surface area (Å²) in [5.41, 5.74) is 0.989. The van der Waals surface area contributed by atoms with Crippen molar-refractivity contribution in [3.05, 3.63) is 23.8 Å². The van der Waals surface area contributed by atoms with E-state index in [1.807, 2.05) is 0 Å². The van der Waals surface area contributed by atoms with Gasteiger partial charge in [0.15, 0.2) is 0 Å². The van der Waals surface area contributed by atoms with Gasteiger partial charge in [-0.05, 0) is 55.4 Å². The summed E-state index contributed by atoms with van der Waals surface area (Å²) >= 11 is 0. The maximum atomic E-state index is 11.0. The van der Waals surface area contributed by atoms with Crippen LogP contribution in [0.5, 0.6) is 11.5 Å². The first-order valence-electron chi connectivity index (χ1n) is 7.53. The van der Waals surface area contributed by atoms with Gasteiger partial charge in [-0.3, -0.25) is 0 Å². The van der Waals surface area contributed by atoms with Crippen LogP contribution in [0.3, 0.4) is 0 Å².